The molecule has 0 radical (unpaired) electrons. The van der Waals surface area contributed by atoms with Crippen molar-refractivity contribution in [1.82, 2.24) is 24.7 Å². The first kappa shape index (κ1) is 19.9. The fourth-order valence-corrected chi connectivity index (χ4v) is 4.79. The van der Waals surface area contributed by atoms with Crippen LogP contribution in [0.5, 0.6) is 0 Å². The molecule has 1 fully saturated rings. The number of fused-ring (bicyclic) bond motifs is 2. The topological polar surface area (TPSA) is 84.7 Å². The van der Waals surface area contributed by atoms with E-state index in [0.29, 0.717) is 19.0 Å². The Balaban J connectivity index is 1.37. The number of pyridine rings is 1. The van der Waals surface area contributed by atoms with Crippen molar-refractivity contribution in [2.45, 2.75) is 26.1 Å². The van der Waals surface area contributed by atoms with E-state index in [-0.39, 0.29) is 24.7 Å². The second-order valence-corrected chi connectivity index (χ2v) is 8.56. The molecule has 6 rings (SSSR count). The standard InChI is InChI=1S/C25H24N6O2/c1-15-23(24-20-6-4-3-5-19(20)16(2)33-24)31-13-17(7-8-21(31)29-15)18-11-27-25(28-12-18)30-10-9-26-22(32)14-30/h3-8,11-13,16,24H,9-10,14H2,1-2H3,(H,26,32)/t16-,24-/m0/s1. The van der Waals surface area contributed by atoms with Gasteiger partial charge in [0.1, 0.15) is 11.8 Å². The van der Waals surface area contributed by atoms with Crippen LogP contribution in [0, 0.1) is 6.92 Å². The van der Waals surface area contributed by atoms with E-state index in [9.17, 15) is 4.79 Å². The highest BCUT2D eigenvalue weighted by Gasteiger charge is 2.33. The van der Waals surface area contributed by atoms with Crippen molar-refractivity contribution in [3.63, 3.8) is 0 Å². The number of hydrogen-bond donors (Lipinski definition) is 1. The lowest BCUT2D eigenvalue weighted by atomic mass is 10.00. The number of ether oxygens (including phenoxy) is 1. The van der Waals surface area contributed by atoms with Crippen molar-refractivity contribution in [1.29, 1.82) is 0 Å². The first-order valence-corrected chi connectivity index (χ1v) is 11.2. The van der Waals surface area contributed by atoms with Crippen LogP contribution in [-0.2, 0) is 9.53 Å². The van der Waals surface area contributed by atoms with Crippen molar-refractivity contribution in [2.75, 3.05) is 24.5 Å². The fourth-order valence-electron chi connectivity index (χ4n) is 4.79. The quantitative estimate of drug-likeness (QED) is 0.527. The molecule has 0 unspecified atom stereocenters. The van der Waals surface area contributed by atoms with Gasteiger partial charge >= 0.3 is 0 Å². The second-order valence-electron chi connectivity index (χ2n) is 8.56. The summed E-state index contributed by atoms with van der Waals surface area (Å²) < 4.78 is 8.50. The minimum absolute atomic E-state index is 0.00703. The molecule has 8 heteroatoms. The third-order valence-corrected chi connectivity index (χ3v) is 6.44. The van der Waals surface area contributed by atoms with Gasteiger partial charge in [0.2, 0.25) is 11.9 Å². The lowest BCUT2D eigenvalue weighted by Gasteiger charge is -2.26. The van der Waals surface area contributed by atoms with E-state index < -0.39 is 0 Å². The molecule has 0 bridgehead atoms. The van der Waals surface area contributed by atoms with E-state index in [1.54, 1.807) is 0 Å². The van der Waals surface area contributed by atoms with Crippen LogP contribution in [0.15, 0.2) is 55.0 Å². The normalized spacial score (nSPS) is 20.2. The molecule has 33 heavy (non-hydrogen) atoms. The number of aryl methyl sites for hydroxylation is 1. The molecule has 1 N–H and O–H groups in total. The first-order chi connectivity index (χ1) is 16.1. The van der Waals surface area contributed by atoms with E-state index in [0.717, 1.165) is 28.2 Å². The summed E-state index contributed by atoms with van der Waals surface area (Å²) in [6.45, 7) is 5.71. The smallest absolute Gasteiger partial charge is 0.239 e. The number of rotatable bonds is 3. The van der Waals surface area contributed by atoms with E-state index in [1.165, 1.54) is 11.1 Å². The maximum Gasteiger partial charge on any atom is 0.239 e. The summed E-state index contributed by atoms with van der Waals surface area (Å²) in [4.78, 5) is 27.4. The van der Waals surface area contributed by atoms with Crippen LogP contribution < -0.4 is 10.2 Å². The number of aromatic nitrogens is 4. The molecule has 1 saturated heterocycles. The molecule has 0 spiro atoms. The number of piperazine rings is 1. The Labute approximate surface area is 191 Å². The van der Waals surface area contributed by atoms with Crippen LogP contribution in [0.3, 0.4) is 0 Å². The average Bonchev–Trinajstić information content (AvgIpc) is 3.34. The molecule has 2 aliphatic heterocycles. The Morgan fingerprint density at radius 2 is 1.85 bits per heavy atom. The van der Waals surface area contributed by atoms with Gasteiger partial charge in [0.15, 0.2) is 0 Å². The minimum Gasteiger partial charge on any atom is -0.360 e. The van der Waals surface area contributed by atoms with Crippen molar-refractivity contribution in [3.05, 3.63) is 77.5 Å². The Morgan fingerprint density at radius 3 is 2.64 bits per heavy atom. The van der Waals surface area contributed by atoms with Crippen LogP contribution >= 0.6 is 0 Å². The summed E-state index contributed by atoms with van der Waals surface area (Å²) in [5, 5.41) is 2.82. The minimum atomic E-state index is -0.162. The number of nitrogens with zero attached hydrogens (tertiary/aromatic N) is 5. The summed E-state index contributed by atoms with van der Waals surface area (Å²) in [5.74, 6) is 0.561. The lowest BCUT2D eigenvalue weighted by molar-refractivity contribution is -0.120. The van der Waals surface area contributed by atoms with E-state index >= 15 is 0 Å². The van der Waals surface area contributed by atoms with Gasteiger partial charge in [-0.25, -0.2) is 15.0 Å². The number of imidazole rings is 1. The third kappa shape index (κ3) is 3.34. The Bertz CT molecular complexity index is 1360. The number of carbonyl (C=O) groups excluding carboxylic acids is 1. The molecule has 1 aromatic carbocycles. The largest absolute Gasteiger partial charge is 0.360 e. The highest BCUT2D eigenvalue weighted by atomic mass is 16.5. The van der Waals surface area contributed by atoms with E-state index in [1.807, 2.05) is 36.4 Å². The molecule has 1 amide bonds. The molecule has 166 valence electrons. The molecule has 2 atom stereocenters. The second kappa shape index (κ2) is 7.67. The van der Waals surface area contributed by atoms with E-state index in [4.69, 9.17) is 9.72 Å². The van der Waals surface area contributed by atoms with E-state index in [2.05, 4.69) is 57.1 Å². The van der Waals surface area contributed by atoms with Crippen LogP contribution in [0.2, 0.25) is 0 Å². The molecule has 4 aromatic rings. The Kier molecular flexibility index (Phi) is 4.62. The predicted molar refractivity (Wildman–Crippen MR) is 124 cm³/mol. The highest BCUT2D eigenvalue weighted by Crippen LogP contribution is 2.43. The highest BCUT2D eigenvalue weighted by molar-refractivity contribution is 5.82. The summed E-state index contributed by atoms with van der Waals surface area (Å²) >= 11 is 0. The molecular formula is C25H24N6O2. The predicted octanol–water partition coefficient (Wildman–Crippen LogP) is 3.22. The van der Waals surface area contributed by atoms with Crippen LogP contribution in [0.25, 0.3) is 16.8 Å². The zero-order valence-corrected chi connectivity index (χ0v) is 18.5. The average molecular weight is 441 g/mol. The Morgan fingerprint density at radius 1 is 1.06 bits per heavy atom. The summed E-state index contributed by atoms with van der Waals surface area (Å²) in [7, 11) is 0. The molecule has 5 heterocycles. The van der Waals surface area contributed by atoms with Gasteiger partial charge in [0, 0.05) is 42.8 Å². The van der Waals surface area contributed by atoms with Crippen molar-refractivity contribution < 1.29 is 9.53 Å². The van der Waals surface area contributed by atoms with Crippen molar-refractivity contribution in [2.24, 2.45) is 0 Å². The fraction of sp³-hybridized carbons (Fsp3) is 0.280. The van der Waals surface area contributed by atoms with Gasteiger partial charge < -0.3 is 19.4 Å². The lowest BCUT2D eigenvalue weighted by Crippen LogP contribution is -2.48. The number of hydrogen-bond acceptors (Lipinski definition) is 6. The number of anilines is 1. The van der Waals surface area contributed by atoms with Crippen LogP contribution in [0.1, 0.15) is 41.6 Å². The van der Waals surface area contributed by atoms with Gasteiger partial charge in [0.25, 0.3) is 0 Å². The number of nitrogens with one attached hydrogen (secondary N) is 1. The summed E-state index contributed by atoms with van der Waals surface area (Å²) in [6, 6.07) is 12.4. The molecule has 0 aliphatic carbocycles. The van der Waals surface area contributed by atoms with Gasteiger partial charge in [-0.2, -0.15) is 0 Å². The monoisotopic (exact) mass is 440 g/mol. The van der Waals surface area contributed by atoms with Crippen LogP contribution in [0.4, 0.5) is 5.95 Å². The Hall–Kier alpha value is -3.78. The van der Waals surface area contributed by atoms with Gasteiger partial charge in [-0.15, -0.1) is 0 Å². The maximum absolute atomic E-state index is 11.7. The van der Waals surface area contributed by atoms with Crippen molar-refractivity contribution in [3.8, 4) is 11.1 Å². The molecular weight excluding hydrogens is 416 g/mol. The van der Waals surface area contributed by atoms with Crippen molar-refractivity contribution >= 4 is 17.5 Å². The summed E-state index contributed by atoms with van der Waals surface area (Å²) in [5.41, 5.74) is 7.19. The number of carbonyl (C=O) groups is 1. The molecule has 0 saturated carbocycles. The molecule has 2 aliphatic rings. The third-order valence-electron chi connectivity index (χ3n) is 6.44. The van der Waals surface area contributed by atoms with Crippen LogP contribution in [-0.4, -0.2) is 44.9 Å². The first-order valence-electron chi connectivity index (χ1n) is 11.2. The van der Waals surface area contributed by atoms with Gasteiger partial charge in [0.05, 0.1) is 24.0 Å². The summed E-state index contributed by atoms with van der Waals surface area (Å²) in [6.07, 6.45) is 5.57. The SMILES string of the molecule is Cc1nc2ccc(-c3cnc(N4CCNC(=O)C4)nc3)cn2c1[C@H]1O[C@@H](C)c2ccccc21. The zero-order chi connectivity index (χ0) is 22.5. The van der Waals surface area contributed by atoms with Gasteiger partial charge in [-0.05, 0) is 37.1 Å². The van der Waals surface area contributed by atoms with Gasteiger partial charge in [-0.3, -0.25) is 4.79 Å². The van der Waals surface area contributed by atoms with Gasteiger partial charge in [-0.1, -0.05) is 24.3 Å². The maximum atomic E-state index is 11.7. The number of benzene rings is 1. The molecule has 3 aromatic heterocycles. The molecule has 8 nitrogen and oxygen atoms in total. The zero-order valence-electron chi connectivity index (χ0n) is 18.5. The number of amides is 1.